The van der Waals surface area contributed by atoms with E-state index < -0.39 is 0 Å². The predicted molar refractivity (Wildman–Crippen MR) is 117 cm³/mol. The monoisotopic (exact) mass is 365 g/mol. The van der Waals surface area contributed by atoms with Crippen LogP contribution in [0.25, 0.3) is 32.9 Å². The van der Waals surface area contributed by atoms with Crippen LogP contribution < -0.4 is 0 Å². The van der Waals surface area contributed by atoms with E-state index in [2.05, 4.69) is 102 Å². The summed E-state index contributed by atoms with van der Waals surface area (Å²) in [5.41, 5.74) is 6.31. The van der Waals surface area contributed by atoms with Crippen LogP contribution in [-0.2, 0) is 5.75 Å². The van der Waals surface area contributed by atoms with Crippen LogP contribution in [0.15, 0.2) is 102 Å². The maximum atomic E-state index is 3.67. The Morgan fingerprint density at radius 3 is 2.15 bits per heavy atom. The highest BCUT2D eigenvalue weighted by molar-refractivity contribution is 7.98. The van der Waals surface area contributed by atoms with Gasteiger partial charge in [-0.1, -0.05) is 84.9 Å². The van der Waals surface area contributed by atoms with Crippen LogP contribution in [0, 0.1) is 0 Å². The minimum Gasteiger partial charge on any atom is -0.354 e. The molecular formula is C25H19NS. The summed E-state index contributed by atoms with van der Waals surface area (Å²) in [6.07, 6.45) is 0. The summed E-state index contributed by atoms with van der Waals surface area (Å²) in [6, 6.07) is 34.4. The summed E-state index contributed by atoms with van der Waals surface area (Å²) in [4.78, 5) is 4.98. The highest BCUT2D eigenvalue weighted by atomic mass is 32.2. The Morgan fingerprint density at radius 2 is 1.33 bits per heavy atom. The molecule has 0 amide bonds. The molecule has 0 spiro atoms. The molecule has 0 fully saturated rings. The lowest BCUT2D eigenvalue weighted by molar-refractivity contribution is 1.38. The summed E-state index contributed by atoms with van der Waals surface area (Å²) in [5, 5.41) is 2.57. The fraction of sp³-hybridized carbons (Fsp3) is 0.0400. The number of rotatable bonds is 4. The molecule has 2 heteroatoms. The van der Waals surface area contributed by atoms with Crippen molar-refractivity contribution in [3.8, 4) is 11.1 Å². The van der Waals surface area contributed by atoms with Crippen molar-refractivity contribution < 1.29 is 0 Å². The van der Waals surface area contributed by atoms with Gasteiger partial charge in [-0.2, -0.15) is 0 Å². The third-order valence-electron chi connectivity index (χ3n) is 4.94. The molecule has 0 aliphatic carbocycles. The Kier molecular flexibility index (Phi) is 4.19. The first kappa shape index (κ1) is 16.2. The fourth-order valence-electron chi connectivity index (χ4n) is 3.65. The second-order valence-electron chi connectivity index (χ2n) is 6.67. The molecule has 0 aliphatic rings. The summed E-state index contributed by atoms with van der Waals surface area (Å²) in [7, 11) is 0. The van der Waals surface area contributed by atoms with E-state index in [0.29, 0.717) is 0 Å². The van der Waals surface area contributed by atoms with Gasteiger partial charge in [-0.3, -0.25) is 0 Å². The lowest BCUT2D eigenvalue weighted by atomic mass is 10.0. The first-order chi connectivity index (χ1) is 13.4. The fourth-order valence-corrected chi connectivity index (χ4v) is 4.69. The van der Waals surface area contributed by atoms with Crippen molar-refractivity contribution in [2.75, 3.05) is 0 Å². The van der Waals surface area contributed by atoms with Crippen molar-refractivity contribution in [1.82, 2.24) is 4.98 Å². The van der Waals surface area contributed by atoms with Gasteiger partial charge in [-0.15, -0.1) is 11.8 Å². The highest BCUT2D eigenvalue weighted by Crippen LogP contribution is 2.40. The number of hydrogen-bond donors (Lipinski definition) is 1. The van der Waals surface area contributed by atoms with Gasteiger partial charge in [0.2, 0.25) is 0 Å². The van der Waals surface area contributed by atoms with E-state index in [9.17, 15) is 0 Å². The van der Waals surface area contributed by atoms with Crippen molar-refractivity contribution in [2.45, 2.75) is 10.6 Å². The summed E-state index contributed by atoms with van der Waals surface area (Å²) in [6.45, 7) is 0. The second-order valence-corrected chi connectivity index (χ2v) is 7.69. The second kappa shape index (κ2) is 6.98. The molecule has 4 aromatic carbocycles. The largest absolute Gasteiger partial charge is 0.354 e. The Bertz CT molecular complexity index is 1210. The van der Waals surface area contributed by atoms with Gasteiger partial charge in [0.15, 0.2) is 0 Å². The number of aromatic nitrogens is 1. The first-order valence-electron chi connectivity index (χ1n) is 9.16. The van der Waals surface area contributed by atoms with E-state index in [4.69, 9.17) is 0 Å². The first-order valence-corrected chi connectivity index (χ1v) is 10.1. The number of para-hydroxylation sites is 1. The van der Waals surface area contributed by atoms with Gasteiger partial charge in [-0.05, 0) is 23.3 Å². The Morgan fingerprint density at radius 1 is 0.630 bits per heavy atom. The summed E-state index contributed by atoms with van der Waals surface area (Å²) >= 11 is 1.90. The smallest absolute Gasteiger partial charge is 0.0555 e. The van der Waals surface area contributed by atoms with Crippen LogP contribution >= 0.6 is 11.8 Å². The van der Waals surface area contributed by atoms with Gasteiger partial charge in [0.25, 0.3) is 0 Å². The van der Waals surface area contributed by atoms with E-state index in [-0.39, 0.29) is 0 Å². The van der Waals surface area contributed by atoms with E-state index in [1.165, 1.54) is 43.4 Å². The molecule has 130 valence electrons. The number of benzene rings is 4. The maximum Gasteiger partial charge on any atom is 0.0555 e. The normalized spacial score (nSPS) is 11.3. The predicted octanol–water partition coefficient (Wildman–Crippen LogP) is 7.28. The molecule has 1 nitrogen and oxygen atoms in total. The number of fused-ring (bicyclic) bond motifs is 3. The molecule has 1 heterocycles. The average Bonchev–Trinajstić information content (AvgIpc) is 3.12. The molecule has 1 aromatic heterocycles. The molecule has 0 radical (unpaired) electrons. The molecule has 27 heavy (non-hydrogen) atoms. The Hall–Kier alpha value is -2.97. The van der Waals surface area contributed by atoms with Crippen molar-refractivity contribution in [1.29, 1.82) is 0 Å². The zero-order valence-electron chi connectivity index (χ0n) is 14.9. The van der Waals surface area contributed by atoms with Crippen molar-refractivity contribution in [2.24, 2.45) is 0 Å². The SMILES string of the molecule is c1ccc(CSc2ccc3c([nH]c4ccccc43)c2-c2ccccc2)cc1. The van der Waals surface area contributed by atoms with E-state index in [1.807, 2.05) is 11.8 Å². The molecule has 5 aromatic rings. The van der Waals surface area contributed by atoms with Crippen LogP contribution in [0.3, 0.4) is 0 Å². The van der Waals surface area contributed by atoms with Gasteiger partial charge in [0.1, 0.15) is 0 Å². The number of thioether (sulfide) groups is 1. The minimum atomic E-state index is 0.965. The maximum absolute atomic E-state index is 3.67. The van der Waals surface area contributed by atoms with Gasteiger partial charge in [0.05, 0.1) is 5.52 Å². The topological polar surface area (TPSA) is 15.8 Å². The third kappa shape index (κ3) is 3.02. The standard InChI is InChI=1S/C25H19NS/c1-3-9-18(10-4-1)17-27-23-16-15-21-20-13-7-8-14-22(20)26-25(21)24(23)19-11-5-2-6-12-19/h1-16,26H,17H2. The molecule has 0 aliphatic heterocycles. The Labute approximate surface area is 163 Å². The Balaban J connectivity index is 1.69. The van der Waals surface area contributed by atoms with Crippen LogP contribution in [0.5, 0.6) is 0 Å². The van der Waals surface area contributed by atoms with Crippen molar-refractivity contribution in [3.05, 3.63) is 103 Å². The van der Waals surface area contributed by atoms with Gasteiger partial charge in [-0.25, -0.2) is 0 Å². The van der Waals surface area contributed by atoms with E-state index >= 15 is 0 Å². The number of H-pyrrole nitrogens is 1. The molecule has 0 atom stereocenters. The van der Waals surface area contributed by atoms with E-state index in [1.54, 1.807) is 0 Å². The summed E-state index contributed by atoms with van der Waals surface area (Å²) < 4.78 is 0. The molecule has 0 saturated carbocycles. The van der Waals surface area contributed by atoms with Crippen molar-refractivity contribution >= 4 is 33.6 Å². The molecular weight excluding hydrogens is 346 g/mol. The van der Waals surface area contributed by atoms with Crippen molar-refractivity contribution in [3.63, 3.8) is 0 Å². The van der Waals surface area contributed by atoms with Crippen LogP contribution in [0.1, 0.15) is 5.56 Å². The number of nitrogens with one attached hydrogen (secondary N) is 1. The molecule has 1 N–H and O–H groups in total. The lowest BCUT2D eigenvalue weighted by Crippen LogP contribution is -1.87. The summed E-state index contributed by atoms with van der Waals surface area (Å²) in [5.74, 6) is 0.965. The molecule has 5 rings (SSSR count). The van der Waals surface area contributed by atoms with Gasteiger partial charge >= 0.3 is 0 Å². The third-order valence-corrected chi connectivity index (χ3v) is 6.07. The minimum absolute atomic E-state index is 0.965. The number of aromatic amines is 1. The highest BCUT2D eigenvalue weighted by Gasteiger charge is 2.14. The van der Waals surface area contributed by atoms with Crippen LogP contribution in [-0.4, -0.2) is 4.98 Å². The zero-order chi connectivity index (χ0) is 18.1. The zero-order valence-corrected chi connectivity index (χ0v) is 15.7. The average molecular weight is 366 g/mol. The quantitative estimate of drug-likeness (QED) is 0.331. The molecule has 0 unspecified atom stereocenters. The lowest BCUT2D eigenvalue weighted by Gasteiger charge is -2.11. The van der Waals surface area contributed by atoms with Gasteiger partial charge in [0, 0.05) is 32.5 Å². The van der Waals surface area contributed by atoms with Gasteiger partial charge < -0.3 is 4.98 Å². The van der Waals surface area contributed by atoms with E-state index in [0.717, 1.165) is 5.75 Å². The molecule has 0 saturated heterocycles. The van der Waals surface area contributed by atoms with Crippen LogP contribution in [0.2, 0.25) is 0 Å². The molecule has 0 bridgehead atoms. The number of hydrogen-bond acceptors (Lipinski definition) is 1. The van der Waals surface area contributed by atoms with Crippen LogP contribution in [0.4, 0.5) is 0 Å².